The predicted molar refractivity (Wildman–Crippen MR) is 65.5 cm³/mol. The second-order valence-corrected chi connectivity index (χ2v) is 5.95. The summed E-state index contributed by atoms with van der Waals surface area (Å²) in [4.78, 5) is 10.8. The molecule has 1 aromatic carbocycles. The summed E-state index contributed by atoms with van der Waals surface area (Å²) in [6.07, 6.45) is 1.02. The van der Waals surface area contributed by atoms with E-state index in [1.807, 2.05) is 0 Å². The Morgan fingerprint density at radius 3 is 2.44 bits per heavy atom. The van der Waals surface area contributed by atoms with Gasteiger partial charge in [0.2, 0.25) is 15.9 Å². The molecule has 1 amide bonds. The molecule has 1 aromatic rings. The van der Waals surface area contributed by atoms with Gasteiger partial charge < -0.3 is 5.73 Å². The van der Waals surface area contributed by atoms with E-state index in [2.05, 4.69) is 15.9 Å². The van der Waals surface area contributed by atoms with Crippen molar-refractivity contribution in [2.75, 3.05) is 17.1 Å². The number of nitrogens with two attached hydrogens (primary N) is 1. The summed E-state index contributed by atoms with van der Waals surface area (Å²) in [5.41, 5.74) is 5.41. The highest BCUT2D eigenvalue weighted by atomic mass is 79.9. The van der Waals surface area contributed by atoms with E-state index in [0.717, 1.165) is 10.6 Å². The van der Waals surface area contributed by atoms with Crippen LogP contribution in [0.1, 0.15) is 0 Å². The van der Waals surface area contributed by atoms with Gasteiger partial charge in [0.05, 0.1) is 11.9 Å². The number of carbonyl (C=O) groups excluding carboxylic acids is 1. The minimum Gasteiger partial charge on any atom is -0.368 e. The lowest BCUT2D eigenvalue weighted by Crippen LogP contribution is -2.38. The molecule has 16 heavy (non-hydrogen) atoms. The van der Waals surface area contributed by atoms with Crippen molar-refractivity contribution in [3.63, 3.8) is 0 Å². The molecular weight excluding hydrogens is 296 g/mol. The molecule has 0 aliphatic heterocycles. The number of nitrogens with zero attached hydrogens (tertiary/aromatic N) is 1. The molecule has 0 spiro atoms. The van der Waals surface area contributed by atoms with Crippen molar-refractivity contribution < 1.29 is 13.2 Å². The van der Waals surface area contributed by atoms with Crippen molar-refractivity contribution in [3.05, 3.63) is 28.7 Å². The second kappa shape index (κ2) is 4.84. The van der Waals surface area contributed by atoms with Crippen LogP contribution in [0.25, 0.3) is 0 Å². The maximum atomic E-state index is 11.5. The monoisotopic (exact) mass is 306 g/mol. The topological polar surface area (TPSA) is 80.5 Å². The molecule has 0 atom stereocenters. The number of anilines is 1. The van der Waals surface area contributed by atoms with E-state index >= 15 is 0 Å². The Balaban J connectivity index is 3.22. The average molecular weight is 307 g/mol. The maximum Gasteiger partial charge on any atom is 0.238 e. The van der Waals surface area contributed by atoms with Gasteiger partial charge in [-0.1, -0.05) is 12.1 Å². The molecule has 0 unspecified atom stereocenters. The molecule has 0 aromatic heterocycles. The largest absolute Gasteiger partial charge is 0.368 e. The third-order valence-electron chi connectivity index (χ3n) is 1.82. The summed E-state index contributed by atoms with van der Waals surface area (Å²) in [5.74, 6) is -0.707. The van der Waals surface area contributed by atoms with Crippen LogP contribution in [0.2, 0.25) is 0 Å². The zero-order chi connectivity index (χ0) is 12.3. The number of primary amides is 1. The van der Waals surface area contributed by atoms with E-state index in [1.54, 1.807) is 24.3 Å². The molecule has 0 heterocycles. The first-order chi connectivity index (χ1) is 7.32. The van der Waals surface area contributed by atoms with Crippen LogP contribution >= 0.6 is 15.9 Å². The number of sulfonamides is 1. The van der Waals surface area contributed by atoms with Crippen LogP contribution in [-0.2, 0) is 14.8 Å². The van der Waals surface area contributed by atoms with Crippen LogP contribution in [0.3, 0.4) is 0 Å². The normalized spacial score (nSPS) is 11.1. The smallest absolute Gasteiger partial charge is 0.238 e. The molecule has 1 rings (SSSR count). The van der Waals surface area contributed by atoms with Crippen LogP contribution in [0.5, 0.6) is 0 Å². The van der Waals surface area contributed by atoms with Gasteiger partial charge in [-0.15, -0.1) is 0 Å². The van der Waals surface area contributed by atoms with Crippen LogP contribution in [0.15, 0.2) is 28.7 Å². The van der Waals surface area contributed by atoms with Crippen LogP contribution in [-0.4, -0.2) is 27.1 Å². The quantitative estimate of drug-likeness (QED) is 0.889. The number of hydrogen-bond acceptors (Lipinski definition) is 3. The zero-order valence-corrected chi connectivity index (χ0v) is 11.0. The molecule has 0 aliphatic rings. The fraction of sp³-hybridized carbons (Fsp3) is 0.222. The van der Waals surface area contributed by atoms with E-state index in [9.17, 15) is 13.2 Å². The lowest BCUT2D eigenvalue weighted by Gasteiger charge is -2.21. The van der Waals surface area contributed by atoms with Crippen molar-refractivity contribution >= 4 is 37.5 Å². The number of benzene rings is 1. The number of rotatable bonds is 4. The van der Waals surface area contributed by atoms with Gasteiger partial charge in [0.25, 0.3) is 0 Å². The summed E-state index contributed by atoms with van der Waals surface area (Å²) in [6.45, 7) is -0.374. The Kier molecular flexibility index (Phi) is 3.93. The number of carbonyl (C=O) groups is 1. The maximum absolute atomic E-state index is 11.5. The van der Waals surface area contributed by atoms with E-state index in [-0.39, 0.29) is 6.54 Å². The van der Waals surface area contributed by atoms with Crippen molar-refractivity contribution in [2.45, 2.75) is 0 Å². The first-order valence-electron chi connectivity index (χ1n) is 4.33. The highest BCUT2D eigenvalue weighted by molar-refractivity contribution is 9.10. The lowest BCUT2D eigenvalue weighted by molar-refractivity contribution is -0.116. The molecule has 5 nitrogen and oxygen atoms in total. The molecule has 0 saturated carbocycles. The highest BCUT2D eigenvalue weighted by Crippen LogP contribution is 2.27. The summed E-state index contributed by atoms with van der Waals surface area (Å²) in [6, 6.07) is 6.71. The Hall–Kier alpha value is -1.08. The lowest BCUT2D eigenvalue weighted by atomic mass is 10.3. The molecule has 0 radical (unpaired) electrons. The average Bonchev–Trinajstić information content (AvgIpc) is 2.13. The van der Waals surface area contributed by atoms with Gasteiger partial charge in [0.15, 0.2) is 0 Å². The summed E-state index contributed by atoms with van der Waals surface area (Å²) in [5, 5.41) is 0. The van der Waals surface area contributed by atoms with E-state index in [0.29, 0.717) is 10.2 Å². The third-order valence-corrected chi connectivity index (χ3v) is 3.62. The molecule has 0 fully saturated rings. The summed E-state index contributed by atoms with van der Waals surface area (Å²) < 4.78 is 24.6. The minimum atomic E-state index is -3.53. The van der Waals surface area contributed by atoms with Crippen LogP contribution < -0.4 is 10.0 Å². The van der Waals surface area contributed by atoms with Crippen molar-refractivity contribution in [3.8, 4) is 0 Å². The fourth-order valence-corrected chi connectivity index (χ4v) is 2.67. The van der Waals surface area contributed by atoms with Gasteiger partial charge in [-0.25, -0.2) is 8.42 Å². The zero-order valence-electron chi connectivity index (χ0n) is 8.55. The third kappa shape index (κ3) is 3.21. The number of amides is 1. The number of para-hydroxylation sites is 1. The SMILES string of the molecule is CS(=O)(=O)N(CC(N)=O)c1ccccc1Br. The van der Waals surface area contributed by atoms with E-state index < -0.39 is 15.9 Å². The Bertz CT molecular complexity index is 501. The molecule has 7 heteroatoms. The fourth-order valence-electron chi connectivity index (χ4n) is 1.18. The first kappa shape index (κ1) is 13.0. The Morgan fingerprint density at radius 1 is 1.44 bits per heavy atom. The van der Waals surface area contributed by atoms with Crippen LogP contribution in [0, 0.1) is 0 Å². The van der Waals surface area contributed by atoms with Gasteiger partial charge in [-0.2, -0.15) is 0 Å². The molecular formula is C9H11BrN2O3S. The number of halogens is 1. The van der Waals surface area contributed by atoms with Gasteiger partial charge in [-0.05, 0) is 28.1 Å². The first-order valence-corrected chi connectivity index (χ1v) is 6.97. The Morgan fingerprint density at radius 2 is 2.00 bits per heavy atom. The van der Waals surface area contributed by atoms with Crippen LogP contribution in [0.4, 0.5) is 5.69 Å². The van der Waals surface area contributed by atoms with Gasteiger partial charge >= 0.3 is 0 Å². The van der Waals surface area contributed by atoms with Gasteiger partial charge in [0, 0.05) is 4.47 Å². The number of hydrogen-bond donors (Lipinski definition) is 1. The minimum absolute atomic E-state index is 0.374. The van der Waals surface area contributed by atoms with E-state index in [4.69, 9.17) is 5.73 Å². The Labute approximate surface area is 102 Å². The van der Waals surface area contributed by atoms with Gasteiger partial charge in [-0.3, -0.25) is 9.10 Å². The molecule has 0 bridgehead atoms. The summed E-state index contributed by atoms with van der Waals surface area (Å²) >= 11 is 3.22. The summed E-state index contributed by atoms with van der Waals surface area (Å²) in [7, 11) is -3.53. The van der Waals surface area contributed by atoms with Crippen molar-refractivity contribution in [1.82, 2.24) is 0 Å². The van der Waals surface area contributed by atoms with Crippen molar-refractivity contribution in [2.24, 2.45) is 5.73 Å². The highest BCUT2D eigenvalue weighted by Gasteiger charge is 2.21. The predicted octanol–water partition coefficient (Wildman–Crippen LogP) is 0.700. The van der Waals surface area contributed by atoms with E-state index in [1.165, 1.54) is 0 Å². The standard InChI is InChI=1S/C9H11BrN2O3S/c1-16(14,15)12(6-9(11)13)8-5-3-2-4-7(8)10/h2-5H,6H2,1H3,(H2,11,13). The molecule has 2 N–H and O–H groups in total. The second-order valence-electron chi connectivity index (χ2n) is 3.19. The molecule has 0 saturated heterocycles. The molecule has 88 valence electrons. The van der Waals surface area contributed by atoms with Crippen molar-refractivity contribution in [1.29, 1.82) is 0 Å². The van der Waals surface area contributed by atoms with Gasteiger partial charge in [0.1, 0.15) is 6.54 Å². The molecule has 0 aliphatic carbocycles.